The third-order valence-corrected chi connectivity index (χ3v) is 3.71. The third-order valence-electron chi connectivity index (χ3n) is 3.47. The second kappa shape index (κ2) is 9.17. The lowest BCUT2D eigenvalue weighted by atomic mass is 10.1. The Labute approximate surface area is 146 Å². The summed E-state index contributed by atoms with van der Waals surface area (Å²) in [5, 5.41) is 6.80. The van der Waals surface area contributed by atoms with Crippen molar-refractivity contribution in [3.8, 4) is 5.75 Å². The molecule has 2 aromatic rings. The Balaban J connectivity index is 1.73. The molecule has 128 valence electrons. The monoisotopic (exact) mass is 350 g/mol. The first kappa shape index (κ1) is 18.1. The standard InChI is InChI=1S/C18H20F2N2OS/c1-2-13-3-7-15(8-4-13)22-18(24)21-12-11-14-5-9-16(10-6-14)23-17(19)20/h3-10,17H,2,11-12H2,1H3,(H2,21,22,24). The molecule has 0 bridgehead atoms. The first-order chi connectivity index (χ1) is 11.6. The van der Waals surface area contributed by atoms with Crippen molar-refractivity contribution in [1.29, 1.82) is 0 Å². The summed E-state index contributed by atoms with van der Waals surface area (Å²) in [4.78, 5) is 0. The number of ether oxygens (including phenoxy) is 1. The molecule has 24 heavy (non-hydrogen) atoms. The van der Waals surface area contributed by atoms with E-state index in [-0.39, 0.29) is 5.75 Å². The zero-order valence-corrected chi connectivity index (χ0v) is 14.2. The van der Waals surface area contributed by atoms with E-state index in [1.54, 1.807) is 12.1 Å². The van der Waals surface area contributed by atoms with Gasteiger partial charge in [-0.15, -0.1) is 0 Å². The minimum absolute atomic E-state index is 0.162. The molecule has 0 aliphatic heterocycles. The van der Waals surface area contributed by atoms with Gasteiger partial charge in [0, 0.05) is 12.2 Å². The topological polar surface area (TPSA) is 33.3 Å². The SMILES string of the molecule is CCc1ccc(NC(=S)NCCc2ccc(OC(F)F)cc2)cc1. The fourth-order valence-electron chi connectivity index (χ4n) is 2.16. The zero-order valence-electron chi connectivity index (χ0n) is 13.4. The number of aryl methyl sites for hydroxylation is 1. The zero-order chi connectivity index (χ0) is 17.4. The molecule has 0 radical (unpaired) electrons. The van der Waals surface area contributed by atoms with E-state index < -0.39 is 6.61 Å². The molecule has 0 saturated heterocycles. The van der Waals surface area contributed by atoms with Crippen LogP contribution in [0.25, 0.3) is 0 Å². The highest BCUT2D eigenvalue weighted by atomic mass is 32.1. The summed E-state index contributed by atoms with van der Waals surface area (Å²) in [5.41, 5.74) is 3.23. The number of rotatable bonds is 7. The number of alkyl halides is 2. The van der Waals surface area contributed by atoms with E-state index in [0.717, 1.165) is 24.1 Å². The van der Waals surface area contributed by atoms with Gasteiger partial charge < -0.3 is 15.4 Å². The van der Waals surface area contributed by atoms with Crippen LogP contribution < -0.4 is 15.4 Å². The minimum Gasteiger partial charge on any atom is -0.435 e. The van der Waals surface area contributed by atoms with Crippen LogP contribution in [0.15, 0.2) is 48.5 Å². The first-order valence-corrected chi connectivity index (χ1v) is 8.15. The van der Waals surface area contributed by atoms with E-state index in [2.05, 4.69) is 34.4 Å². The Morgan fingerprint density at radius 3 is 2.25 bits per heavy atom. The van der Waals surface area contributed by atoms with E-state index >= 15 is 0 Å². The Morgan fingerprint density at radius 2 is 1.67 bits per heavy atom. The smallest absolute Gasteiger partial charge is 0.387 e. The van der Waals surface area contributed by atoms with Crippen molar-refractivity contribution in [2.24, 2.45) is 0 Å². The third kappa shape index (κ3) is 6.12. The molecule has 2 aromatic carbocycles. The second-order valence-corrected chi connectivity index (χ2v) is 5.61. The average Bonchev–Trinajstić information content (AvgIpc) is 2.57. The van der Waals surface area contributed by atoms with Crippen molar-refractivity contribution in [1.82, 2.24) is 5.32 Å². The first-order valence-electron chi connectivity index (χ1n) is 7.74. The van der Waals surface area contributed by atoms with Gasteiger partial charge in [0.25, 0.3) is 0 Å². The van der Waals surface area contributed by atoms with Crippen molar-refractivity contribution < 1.29 is 13.5 Å². The Kier molecular flexibility index (Phi) is 6.93. The molecule has 0 saturated carbocycles. The van der Waals surface area contributed by atoms with Crippen LogP contribution in [0.1, 0.15) is 18.1 Å². The maximum atomic E-state index is 12.1. The molecule has 2 N–H and O–H groups in total. The number of anilines is 1. The number of hydrogen-bond acceptors (Lipinski definition) is 2. The van der Waals surface area contributed by atoms with Gasteiger partial charge in [-0.25, -0.2) is 0 Å². The summed E-state index contributed by atoms with van der Waals surface area (Å²) < 4.78 is 28.5. The van der Waals surface area contributed by atoms with Crippen LogP contribution in [0, 0.1) is 0 Å². The average molecular weight is 350 g/mol. The molecule has 2 rings (SSSR count). The fraction of sp³-hybridized carbons (Fsp3) is 0.278. The fourth-order valence-corrected chi connectivity index (χ4v) is 2.38. The summed E-state index contributed by atoms with van der Waals surface area (Å²) in [6.07, 6.45) is 1.73. The van der Waals surface area contributed by atoms with Gasteiger partial charge in [0.2, 0.25) is 0 Å². The molecule has 3 nitrogen and oxygen atoms in total. The number of thiocarbonyl (C=S) groups is 1. The van der Waals surface area contributed by atoms with Gasteiger partial charge >= 0.3 is 6.61 Å². The molecule has 0 spiro atoms. The van der Waals surface area contributed by atoms with Crippen molar-refractivity contribution >= 4 is 23.0 Å². The highest BCUT2D eigenvalue weighted by Crippen LogP contribution is 2.15. The van der Waals surface area contributed by atoms with Gasteiger partial charge in [0.05, 0.1) is 0 Å². The van der Waals surface area contributed by atoms with Gasteiger partial charge in [0.1, 0.15) is 5.75 Å². The lowest BCUT2D eigenvalue weighted by Crippen LogP contribution is -2.30. The van der Waals surface area contributed by atoms with Crippen molar-refractivity contribution in [3.63, 3.8) is 0 Å². The maximum Gasteiger partial charge on any atom is 0.387 e. The minimum atomic E-state index is -2.80. The van der Waals surface area contributed by atoms with Gasteiger partial charge in [-0.05, 0) is 60.5 Å². The predicted molar refractivity (Wildman–Crippen MR) is 96.8 cm³/mol. The molecule has 0 amide bonds. The summed E-state index contributed by atoms with van der Waals surface area (Å²) in [6, 6.07) is 14.7. The highest BCUT2D eigenvalue weighted by Gasteiger charge is 2.04. The predicted octanol–water partition coefficient (Wildman–Crippen LogP) is 4.38. The van der Waals surface area contributed by atoms with Crippen molar-refractivity contribution in [2.75, 3.05) is 11.9 Å². The van der Waals surface area contributed by atoms with Gasteiger partial charge in [0.15, 0.2) is 5.11 Å². The summed E-state index contributed by atoms with van der Waals surface area (Å²) in [7, 11) is 0. The second-order valence-electron chi connectivity index (χ2n) is 5.20. The molecule has 0 aliphatic rings. The van der Waals surface area contributed by atoms with E-state index in [1.165, 1.54) is 17.7 Å². The summed E-state index contributed by atoms with van der Waals surface area (Å²) in [5.74, 6) is 0.162. The lowest BCUT2D eigenvalue weighted by Gasteiger charge is -2.11. The Morgan fingerprint density at radius 1 is 1.04 bits per heavy atom. The number of nitrogens with one attached hydrogen (secondary N) is 2. The van der Waals surface area contributed by atoms with Crippen LogP contribution in [-0.2, 0) is 12.8 Å². The molecule has 6 heteroatoms. The molecule has 0 heterocycles. The van der Waals surface area contributed by atoms with E-state index in [1.807, 2.05) is 12.1 Å². The van der Waals surface area contributed by atoms with Crippen molar-refractivity contribution in [2.45, 2.75) is 26.4 Å². The number of hydrogen-bond donors (Lipinski definition) is 2. The maximum absolute atomic E-state index is 12.1. The van der Waals surface area contributed by atoms with E-state index in [0.29, 0.717) is 11.7 Å². The Hall–Kier alpha value is -2.21. The van der Waals surface area contributed by atoms with Crippen LogP contribution in [0.3, 0.4) is 0 Å². The number of benzene rings is 2. The van der Waals surface area contributed by atoms with Gasteiger partial charge in [-0.1, -0.05) is 31.2 Å². The van der Waals surface area contributed by atoms with E-state index in [4.69, 9.17) is 12.2 Å². The summed E-state index contributed by atoms with van der Waals surface area (Å²) in [6.45, 7) is -0.0401. The van der Waals surface area contributed by atoms with Crippen LogP contribution in [0.5, 0.6) is 5.75 Å². The summed E-state index contributed by atoms with van der Waals surface area (Å²) >= 11 is 5.26. The van der Waals surface area contributed by atoms with Crippen LogP contribution >= 0.6 is 12.2 Å². The molecule has 0 unspecified atom stereocenters. The Bertz CT molecular complexity index is 645. The van der Waals surface area contributed by atoms with E-state index in [9.17, 15) is 8.78 Å². The molecule has 0 fully saturated rings. The van der Waals surface area contributed by atoms with Crippen LogP contribution in [0.4, 0.5) is 14.5 Å². The normalized spacial score (nSPS) is 10.5. The number of halogens is 2. The molecule has 0 aromatic heterocycles. The lowest BCUT2D eigenvalue weighted by molar-refractivity contribution is -0.0498. The molecule has 0 aliphatic carbocycles. The largest absolute Gasteiger partial charge is 0.435 e. The van der Waals surface area contributed by atoms with Crippen LogP contribution in [0.2, 0.25) is 0 Å². The van der Waals surface area contributed by atoms with Gasteiger partial charge in [-0.3, -0.25) is 0 Å². The molecular formula is C18H20F2N2OS. The van der Waals surface area contributed by atoms with Crippen LogP contribution in [-0.4, -0.2) is 18.3 Å². The van der Waals surface area contributed by atoms with Gasteiger partial charge in [-0.2, -0.15) is 8.78 Å². The highest BCUT2D eigenvalue weighted by molar-refractivity contribution is 7.80. The quantitative estimate of drug-likeness (QED) is 0.726. The molecule has 0 atom stereocenters. The van der Waals surface area contributed by atoms with Crippen molar-refractivity contribution in [3.05, 3.63) is 59.7 Å². The molecular weight excluding hydrogens is 330 g/mol.